The number of hydrogen-bond donors (Lipinski definition) is 1. The van der Waals surface area contributed by atoms with Gasteiger partial charge in [-0.2, -0.15) is 34.8 Å². The molecule has 0 saturated carbocycles. The molecule has 0 radical (unpaired) electrons. The van der Waals surface area contributed by atoms with Crippen molar-refractivity contribution >= 4 is 16.2 Å². The van der Waals surface area contributed by atoms with Gasteiger partial charge in [0.05, 0.1) is 30.0 Å². The molecule has 0 aliphatic heterocycles. The van der Waals surface area contributed by atoms with Crippen molar-refractivity contribution in [1.82, 2.24) is 5.32 Å². The Balaban J connectivity index is 3.24. The summed E-state index contributed by atoms with van der Waals surface area (Å²) in [6.07, 6.45) is -11.0. The van der Waals surface area contributed by atoms with Crippen LogP contribution < -0.4 is 5.32 Å². The molecule has 172 valence electrons. The van der Waals surface area contributed by atoms with Crippen LogP contribution in [0.5, 0.6) is 0 Å². The molecule has 0 fully saturated rings. The predicted octanol–water partition coefficient (Wildman–Crippen LogP) is 4.14. The Morgan fingerprint density at radius 2 is 1.47 bits per heavy atom. The highest BCUT2D eigenvalue weighted by atomic mass is 32.2. The normalized spacial score (nSPS) is 14.3. The minimum absolute atomic E-state index is 0.0349. The number of benzene rings is 1. The number of hydrogen-bond acceptors (Lipinski definition) is 5. The molecule has 13 heteroatoms. The lowest BCUT2D eigenvalue weighted by molar-refractivity contribution is -0.143. The van der Waals surface area contributed by atoms with Gasteiger partial charge in [-0.15, -0.1) is 0 Å². The largest absolute Gasteiger partial charge is 0.444 e. The summed E-state index contributed by atoms with van der Waals surface area (Å²) in [5, 5.41) is 2.20. The van der Waals surface area contributed by atoms with Gasteiger partial charge in [0, 0.05) is 0 Å². The zero-order valence-electron chi connectivity index (χ0n) is 16.4. The Morgan fingerprint density at radius 1 is 1.00 bits per heavy atom. The lowest BCUT2D eigenvalue weighted by Crippen LogP contribution is -2.43. The van der Waals surface area contributed by atoms with Gasteiger partial charge in [-0.25, -0.2) is 4.79 Å². The number of alkyl carbamates (subject to hydrolysis) is 1. The number of nitrogens with one attached hydrogen (secondary N) is 1. The molecule has 1 amide bonds. The number of halogens is 6. The van der Waals surface area contributed by atoms with Gasteiger partial charge in [-0.05, 0) is 51.0 Å². The van der Waals surface area contributed by atoms with E-state index < -0.39 is 69.9 Å². The van der Waals surface area contributed by atoms with Gasteiger partial charge >= 0.3 is 18.4 Å². The van der Waals surface area contributed by atoms with Crippen molar-refractivity contribution in [3.05, 3.63) is 34.9 Å². The number of amides is 1. The van der Waals surface area contributed by atoms with Crippen LogP contribution in [0.4, 0.5) is 31.1 Å². The summed E-state index contributed by atoms with van der Waals surface area (Å²) in [4.78, 5) is 11.9. The van der Waals surface area contributed by atoms with Crippen LogP contribution >= 0.6 is 0 Å². The number of rotatable bonds is 6. The van der Waals surface area contributed by atoms with Crippen molar-refractivity contribution in [2.45, 2.75) is 51.2 Å². The van der Waals surface area contributed by atoms with Crippen molar-refractivity contribution in [3.63, 3.8) is 0 Å². The molecule has 0 saturated heterocycles. The van der Waals surface area contributed by atoms with Crippen molar-refractivity contribution in [2.75, 3.05) is 12.9 Å². The van der Waals surface area contributed by atoms with Crippen LogP contribution in [0.3, 0.4) is 0 Å². The fourth-order valence-electron chi connectivity index (χ4n) is 2.25. The van der Waals surface area contributed by atoms with E-state index in [1.807, 2.05) is 0 Å². The minimum atomic E-state index is -5.05. The van der Waals surface area contributed by atoms with Gasteiger partial charge in [-0.1, -0.05) is 0 Å². The van der Waals surface area contributed by atoms with Crippen LogP contribution in [0.25, 0.3) is 0 Å². The zero-order valence-corrected chi connectivity index (χ0v) is 17.3. The van der Waals surface area contributed by atoms with E-state index in [9.17, 15) is 39.6 Å². The molecule has 6 nitrogen and oxygen atoms in total. The van der Waals surface area contributed by atoms with E-state index in [0.717, 1.165) is 0 Å². The molecule has 0 aliphatic carbocycles. The first-order chi connectivity index (χ1) is 13.3. The molecule has 0 bridgehead atoms. The first-order valence-corrected chi connectivity index (χ1v) is 10.2. The van der Waals surface area contributed by atoms with E-state index in [2.05, 4.69) is 9.50 Å². The maximum absolute atomic E-state index is 13.0. The second kappa shape index (κ2) is 9.00. The van der Waals surface area contributed by atoms with E-state index in [4.69, 9.17) is 4.74 Å². The van der Waals surface area contributed by atoms with E-state index in [-0.39, 0.29) is 6.07 Å². The quantitative estimate of drug-likeness (QED) is 0.505. The summed E-state index contributed by atoms with van der Waals surface area (Å²) >= 11 is 0. The number of ether oxygens (including phenoxy) is 1. The third kappa shape index (κ3) is 9.65. The molecule has 1 atom stereocenters. The highest BCUT2D eigenvalue weighted by molar-refractivity contribution is 7.85. The van der Waals surface area contributed by atoms with Gasteiger partial charge in [0.25, 0.3) is 10.1 Å². The second-order valence-corrected chi connectivity index (χ2v) is 9.09. The summed E-state index contributed by atoms with van der Waals surface area (Å²) in [6.45, 7) is 3.85. The van der Waals surface area contributed by atoms with Gasteiger partial charge in [0.2, 0.25) is 0 Å². The third-order valence-corrected chi connectivity index (χ3v) is 3.90. The molecular weight excluding hydrogens is 444 g/mol. The van der Waals surface area contributed by atoms with Crippen molar-refractivity contribution in [1.29, 1.82) is 0 Å². The summed E-state index contributed by atoms with van der Waals surface area (Å²) < 4.78 is 110. The zero-order chi connectivity index (χ0) is 23.5. The SMILES string of the molecule is CC(C)(C)OC(=O)NC(COS(C)(=O)=O)Cc1cc(C(F)(F)F)cc(C(F)(F)F)c1. The van der Waals surface area contributed by atoms with E-state index in [1.165, 1.54) is 20.8 Å². The molecule has 30 heavy (non-hydrogen) atoms. The maximum atomic E-state index is 13.0. The Morgan fingerprint density at radius 3 is 1.83 bits per heavy atom. The highest BCUT2D eigenvalue weighted by Gasteiger charge is 2.37. The summed E-state index contributed by atoms with van der Waals surface area (Å²) in [6, 6.07) is -0.356. The molecule has 0 heterocycles. The van der Waals surface area contributed by atoms with Crippen LogP contribution in [-0.4, -0.2) is 39.0 Å². The van der Waals surface area contributed by atoms with Crippen molar-refractivity contribution in [2.24, 2.45) is 0 Å². The lowest BCUT2D eigenvalue weighted by atomic mass is 9.99. The molecule has 1 aromatic carbocycles. The number of carbonyl (C=O) groups is 1. The molecule has 0 aromatic heterocycles. The van der Waals surface area contributed by atoms with E-state index >= 15 is 0 Å². The number of carbonyl (C=O) groups excluding carboxylic acids is 1. The van der Waals surface area contributed by atoms with Crippen LogP contribution in [0.2, 0.25) is 0 Å². The van der Waals surface area contributed by atoms with Gasteiger partial charge in [0.15, 0.2) is 0 Å². The lowest BCUT2D eigenvalue weighted by Gasteiger charge is -2.24. The third-order valence-electron chi connectivity index (χ3n) is 3.33. The molecule has 0 aliphatic rings. The Hall–Kier alpha value is -2.02. The molecule has 1 N–H and O–H groups in total. The fraction of sp³-hybridized carbons (Fsp3) is 0.588. The monoisotopic (exact) mass is 465 g/mol. The first kappa shape index (κ1) is 26.0. The molecule has 1 aromatic rings. The van der Waals surface area contributed by atoms with Crippen LogP contribution in [-0.2, 0) is 37.8 Å². The standard InChI is InChI=1S/C17H21F6NO5S/c1-15(2,3)29-14(25)24-13(9-28-30(4,26)27)7-10-5-11(16(18,19)20)8-12(6-10)17(21,22)23/h5-6,8,13H,7,9H2,1-4H3,(H,24,25). The summed E-state index contributed by atoms with van der Waals surface area (Å²) in [7, 11) is -4.00. The van der Waals surface area contributed by atoms with Crippen molar-refractivity contribution < 1.29 is 48.5 Å². The van der Waals surface area contributed by atoms with Gasteiger partial charge in [-0.3, -0.25) is 4.18 Å². The Kier molecular flexibility index (Phi) is 7.81. The first-order valence-electron chi connectivity index (χ1n) is 8.38. The van der Waals surface area contributed by atoms with Crippen LogP contribution in [0.15, 0.2) is 18.2 Å². The van der Waals surface area contributed by atoms with E-state index in [1.54, 1.807) is 0 Å². The smallest absolute Gasteiger partial charge is 0.416 e. The summed E-state index contributed by atoms with van der Waals surface area (Å²) in [5.41, 5.74) is -4.46. The molecule has 1 rings (SSSR count). The Bertz CT molecular complexity index is 827. The average molecular weight is 465 g/mol. The van der Waals surface area contributed by atoms with Crippen LogP contribution in [0, 0.1) is 0 Å². The second-order valence-electron chi connectivity index (χ2n) is 7.45. The van der Waals surface area contributed by atoms with Crippen molar-refractivity contribution in [3.8, 4) is 0 Å². The average Bonchev–Trinajstić information content (AvgIpc) is 2.48. The fourth-order valence-corrected chi connectivity index (χ4v) is 2.66. The Labute approximate surface area is 169 Å². The van der Waals surface area contributed by atoms with Crippen LogP contribution in [0.1, 0.15) is 37.5 Å². The molecule has 1 unspecified atom stereocenters. The highest BCUT2D eigenvalue weighted by Crippen LogP contribution is 2.36. The molecular formula is C17H21F6NO5S. The number of alkyl halides is 6. The van der Waals surface area contributed by atoms with E-state index in [0.29, 0.717) is 18.4 Å². The van der Waals surface area contributed by atoms with Gasteiger partial charge < -0.3 is 10.1 Å². The minimum Gasteiger partial charge on any atom is -0.444 e. The predicted molar refractivity (Wildman–Crippen MR) is 94.1 cm³/mol. The molecule has 0 spiro atoms. The topological polar surface area (TPSA) is 81.7 Å². The summed E-state index contributed by atoms with van der Waals surface area (Å²) in [5.74, 6) is 0. The van der Waals surface area contributed by atoms with Gasteiger partial charge in [0.1, 0.15) is 5.60 Å². The maximum Gasteiger partial charge on any atom is 0.416 e.